The normalized spacial score (nSPS) is 12.0. The molecule has 1 unspecified atom stereocenters. The Hall–Kier alpha value is -1.59. The van der Waals surface area contributed by atoms with Crippen LogP contribution in [0.3, 0.4) is 0 Å². The third-order valence-electron chi connectivity index (χ3n) is 2.82. The number of nitrogens with two attached hydrogens (primary N) is 1. The van der Waals surface area contributed by atoms with Gasteiger partial charge < -0.3 is 20.1 Å². The molecule has 0 saturated carbocycles. The SMILES string of the molecule is COCC(N)C(=O)N(C)CCOc1ccccc1C. The summed E-state index contributed by atoms with van der Waals surface area (Å²) >= 11 is 0. The van der Waals surface area contributed by atoms with Gasteiger partial charge in [-0.15, -0.1) is 0 Å². The second-order valence-corrected chi connectivity index (χ2v) is 4.44. The molecule has 2 N–H and O–H groups in total. The number of nitrogens with zero attached hydrogens (tertiary/aromatic N) is 1. The maximum atomic E-state index is 11.8. The van der Waals surface area contributed by atoms with Crippen LogP contribution in [0.25, 0.3) is 0 Å². The zero-order chi connectivity index (χ0) is 14.3. The fraction of sp³-hybridized carbons (Fsp3) is 0.500. The van der Waals surface area contributed by atoms with E-state index in [0.29, 0.717) is 13.2 Å². The van der Waals surface area contributed by atoms with E-state index in [1.54, 1.807) is 11.9 Å². The summed E-state index contributed by atoms with van der Waals surface area (Å²) in [4.78, 5) is 13.4. The molecular weight excluding hydrogens is 244 g/mol. The van der Waals surface area contributed by atoms with Crippen molar-refractivity contribution >= 4 is 5.91 Å². The van der Waals surface area contributed by atoms with Crippen LogP contribution in [-0.2, 0) is 9.53 Å². The number of carbonyl (C=O) groups excluding carboxylic acids is 1. The lowest BCUT2D eigenvalue weighted by Gasteiger charge is -2.21. The van der Waals surface area contributed by atoms with Crippen LogP contribution in [0.15, 0.2) is 24.3 Å². The first-order chi connectivity index (χ1) is 9.06. The number of para-hydroxylation sites is 1. The molecule has 0 aliphatic rings. The lowest BCUT2D eigenvalue weighted by atomic mass is 10.2. The van der Waals surface area contributed by atoms with Gasteiger partial charge in [0.15, 0.2) is 0 Å². The van der Waals surface area contributed by atoms with Gasteiger partial charge in [-0.1, -0.05) is 18.2 Å². The Morgan fingerprint density at radius 1 is 1.42 bits per heavy atom. The number of methoxy groups -OCH3 is 1. The summed E-state index contributed by atoms with van der Waals surface area (Å²) in [5, 5.41) is 0. The van der Waals surface area contributed by atoms with Gasteiger partial charge in [-0.05, 0) is 18.6 Å². The lowest BCUT2D eigenvalue weighted by molar-refractivity contribution is -0.132. The van der Waals surface area contributed by atoms with Gasteiger partial charge >= 0.3 is 0 Å². The Bertz CT molecular complexity index is 409. The molecule has 1 atom stereocenters. The van der Waals surface area contributed by atoms with Crippen molar-refractivity contribution in [2.45, 2.75) is 13.0 Å². The maximum Gasteiger partial charge on any atom is 0.241 e. The Labute approximate surface area is 114 Å². The zero-order valence-electron chi connectivity index (χ0n) is 11.8. The van der Waals surface area contributed by atoms with Crippen molar-refractivity contribution in [2.75, 3.05) is 33.9 Å². The van der Waals surface area contributed by atoms with E-state index in [1.165, 1.54) is 7.11 Å². The number of rotatable bonds is 7. The van der Waals surface area contributed by atoms with E-state index >= 15 is 0 Å². The Kier molecular flexibility index (Phi) is 6.32. The molecule has 5 heteroatoms. The summed E-state index contributed by atoms with van der Waals surface area (Å²) in [6.07, 6.45) is 0. The first kappa shape index (κ1) is 15.5. The second kappa shape index (κ2) is 7.76. The quantitative estimate of drug-likeness (QED) is 0.793. The van der Waals surface area contributed by atoms with Crippen LogP contribution >= 0.6 is 0 Å². The number of carbonyl (C=O) groups is 1. The standard InChI is InChI=1S/C14H22N2O3/c1-11-6-4-5-7-13(11)19-9-8-16(2)14(17)12(15)10-18-3/h4-7,12H,8-10,15H2,1-3H3. The molecule has 5 nitrogen and oxygen atoms in total. The number of amides is 1. The monoisotopic (exact) mass is 266 g/mol. The predicted octanol–water partition coefficient (Wildman–Crippen LogP) is 0.806. The minimum Gasteiger partial charge on any atom is -0.491 e. The molecule has 0 bridgehead atoms. The van der Waals surface area contributed by atoms with Crippen molar-refractivity contribution < 1.29 is 14.3 Å². The zero-order valence-corrected chi connectivity index (χ0v) is 11.8. The van der Waals surface area contributed by atoms with Gasteiger partial charge in [-0.2, -0.15) is 0 Å². The third kappa shape index (κ3) is 4.89. The number of likely N-dealkylation sites (N-methyl/N-ethyl adjacent to an activating group) is 1. The molecule has 0 heterocycles. The summed E-state index contributed by atoms with van der Waals surface area (Å²) < 4.78 is 10.5. The number of benzene rings is 1. The van der Waals surface area contributed by atoms with Crippen LogP contribution in [0.4, 0.5) is 0 Å². The van der Waals surface area contributed by atoms with E-state index in [0.717, 1.165) is 11.3 Å². The average Bonchev–Trinajstić information content (AvgIpc) is 2.40. The first-order valence-electron chi connectivity index (χ1n) is 6.24. The molecule has 0 fully saturated rings. The first-order valence-corrected chi connectivity index (χ1v) is 6.24. The molecular formula is C14H22N2O3. The highest BCUT2D eigenvalue weighted by Gasteiger charge is 2.17. The van der Waals surface area contributed by atoms with Crippen LogP contribution in [0.1, 0.15) is 5.56 Å². The highest BCUT2D eigenvalue weighted by atomic mass is 16.5. The molecule has 1 amide bonds. The molecule has 0 aromatic heterocycles. The number of aryl methyl sites for hydroxylation is 1. The van der Waals surface area contributed by atoms with E-state index in [4.69, 9.17) is 15.2 Å². The van der Waals surface area contributed by atoms with Crippen LogP contribution in [-0.4, -0.2) is 50.8 Å². The van der Waals surface area contributed by atoms with E-state index < -0.39 is 6.04 Å². The summed E-state index contributed by atoms with van der Waals surface area (Å²) in [6.45, 7) is 3.14. The van der Waals surface area contributed by atoms with Gasteiger partial charge in [-0.25, -0.2) is 0 Å². The van der Waals surface area contributed by atoms with Crippen LogP contribution < -0.4 is 10.5 Å². The molecule has 1 aromatic rings. The maximum absolute atomic E-state index is 11.8. The van der Waals surface area contributed by atoms with Gasteiger partial charge in [0, 0.05) is 14.2 Å². The van der Waals surface area contributed by atoms with Gasteiger partial charge in [0.25, 0.3) is 0 Å². The van der Waals surface area contributed by atoms with Crippen molar-refractivity contribution in [1.29, 1.82) is 0 Å². The lowest BCUT2D eigenvalue weighted by Crippen LogP contribution is -2.45. The predicted molar refractivity (Wildman–Crippen MR) is 74.2 cm³/mol. The van der Waals surface area contributed by atoms with Crippen LogP contribution in [0, 0.1) is 6.92 Å². The van der Waals surface area contributed by atoms with Crippen LogP contribution in [0.5, 0.6) is 5.75 Å². The fourth-order valence-corrected chi connectivity index (χ4v) is 1.66. The Balaban J connectivity index is 2.37. The summed E-state index contributed by atoms with van der Waals surface area (Å²) in [5.41, 5.74) is 6.76. The minimum absolute atomic E-state index is 0.143. The molecule has 0 radical (unpaired) electrons. The molecule has 0 aliphatic carbocycles. The Morgan fingerprint density at radius 2 is 2.11 bits per heavy atom. The van der Waals surface area contributed by atoms with Crippen LogP contribution in [0.2, 0.25) is 0 Å². The molecule has 1 aromatic carbocycles. The molecule has 1 rings (SSSR count). The van der Waals surface area contributed by atoms with E-state index in [-0.39, 0.29) is 12.5 Å². The van der Waals surface area contributed by atoms with Gasteiger partial charge in [0.1, 0.15) is 18.4 Å². The molecule has 0 saturated heterocycles. The third-order valence-corrected chi connectivity index (χ3v) is 2.82. The average molecular weight is 266 g/mol. The molecule has 0 aliphatic heterocycles. The summed E-state index contributed by atoms with van der Waals surface area (Å²) in [6, 6.07) is 7.16. The number of ether oxygens (including phenoxy) is 2. The number of hydrogen-bond donors (Lipinski definition) is 1. The van der Waals surface area contributed by atoms with Gasteiger partial charge in [0.05, 0.1) is 13.2 Å². The summed E-state index contributed by atoms with van der Waals surface area (Å²) in [7, 11) is 3.23. The van der Waals surface area contributed by atoms with Crippen molar-refractivity contribution in [3.63, 3.8) is 0 Å². The van der Waals surface area contributed by atoms with Gasteiger partial charge in [-0.3, -0.25) is 4.79 Å². The fourth-order valence-electron chi connectivity index (χ4n) is 1.66. The van der Waals surface area contributed by atoms with Gasteiger partial charge in [0.2, 0.25) is 5.91 Å². The highest BCUT2D eigenvalue weighted by Crippen LogP contribution is 2.15. The largest absolute Gasteiger partial charge is 0.491 e. The van der Waals surface area contributed by atoms with E-state index in [2.05, 4.69) is 0 Å². The van der Waals surface area contributed by atoms with E-state index in [9.17, 15) is 4.79 Å². The van der Waals surface area contributed by atoms with Crippen molar-refractivity contribution in [1.82, 2.24) is 4.90 Å². The minimum atomic E-state index is -0.617. The van der Waals surface area contributed by atoms with E-state index in [1.807, 2.05) is 31.2 Å². The molecule has 106 valence electrons. The summed E-state index contributed by atoms with van der Waals surface area (Å²) in [5.74, 6) is 0.694. The van der Waals surface area contributed by atoms with Crippen molar-refractivity contribution in [3.05, 3.63) is 29.8 Å². The Morgan fingerprint density at radius 3 is 2.74 bits per heavy atom. The molecule has 0 spiro atoms. The van der Waals surface area contributed by atoms with Crippen molar-refractivity contribution in [2.24, 2.45) is 5.73 Å². The van der Waals surface area contributed by atoms with Crippen molar-refractivity contribution in [3.8, 4) is 5.75 Å². The smallest absolute Gasteiger partial charge is 0.241 e. The molecule has 19 heavy (non-hydrogen) atoms. The topological polar surface area (TPSA) is 64.8 Å². The highest BCUT2D eigenvalue weighted by molar-refractivity contribution is 5.81. The number of hydrogen-bond acceptors (Lipinski definition) is 4. The second-order valence-electron chi connectivity index (χ2n) is 4.44.